The van der Waals surface area contributed by atoms with E-state index in [1.165, 1.54) is 38.9 Å². The van der Waals surface area contributed by atoms with E-state index in [1.807, 2.05) is 6.20 Å². The van der Waals surface area contributed by atoms with Gasteiger partial charge in [-0.2, -0.15) is 0 Å². The molecule has 3 heteroatoms. The molecule has 0 aliphatic carbocycles. The number of phenolic OH excluding ortho intramolecular Hbond substituents is 1. The number of hydrogen-bond acceptors (Lipinski definition) is 3. The zero-order chi connectivity index (χ0) is 44.0. The minimum absolute atomic E-state index is 0.147. The van der Waals surface area contributed by atoms with E-state index in [0.717, 1.165) is 56.0 Å². The molecule has 7 aromatic rings. The molecule has 1 N–H and O–H groups in total. The van der Waals surface area contributed by atoms with Crippen LogP contribution in [0.2, 0.25) is 0 Å². The first-order valence-corrected chi connectivity index (χ1v) is 22.0. The molecule has 5 aromatic carbocycles. The smallest absolute Gasteiger partial charge is 0.128 e. The van der Waals surface area contributed by atoms with E-state index >= 15 is 0 Å². The van der Waals surface area contributed by atoms with Crippen molar-refractivity contribution in [3.63, 3.8) is 0 Å². The third-order valence-electron chi connectivity index (χ3n) is 12.0. The zero-order valence-corrected chi connectivity index (χ0v) is 38.7. The highest BCUT2D eigenvalue weighted by Crippen LogP contribution is 2.46. The van der Waals surface area contributed by atoms with E-state index in [2.05, 4.69) is 217 Å². The van der Waals surface area contributed by atoms with E-state index in [0.29, 0.717) is 0 Å². The standard InChI is InChI=1S/C58H64N2O/c1-36(2)47-29-41(39-22-18-15-19-23-39)30-48(37(3)4)54(47)44-32-52(60-53(33-44)49-34-46(57(8,9)10)35-50(55(49)61)58(11,12)13)43-26-42(27-45(28-43)56(5,6)7)51-31-40(24-25-59-51)38-20-16-14-17-21-38/h14-37,61H,1-13H3. The fraction of sp³-hybridized carbons (Fsp3) is 0.310. The van der Waals surface area contributed by atoms with E-state index in [-0.39, 0.29) is 33.8 Å². The van der Waals surface area contributed by atoms with Gasteiger partial charge in [0.1, 0.15) is 5.75 Å². The molecule has 0 spiro atoms. The van der Waals surface area contributed by atoms with E-state index in [9.17, 15) is 5.11 Å². The fourth-order valence-electron chi connectivity index (χ4n) is 8.28. The molecule has 0 saturated carbocycles. The van der Waals surface area contributed by atoms with Gasteiger partial charge in [0.2, 0.25) is 0 Å². The summed E-state index contributed by atoms with van der Waals surface area (Å²) in [6.07, 6.45) is 1.91. The third kappa shape index (κ3) is 9.27. The predicted molar refractivity (Wildman–Crippen MR) is 261 cm³/mol. The highest BCUT2D eigenvalue weighted by molar-refractivity contribution is 5.85. The van der Waals surface area contributed by atoms with Crippen LogP contribution in [0.4, 0.5) is 0 Å². The molecule has 0 atom stereocenters. The van der Waals surface area contributed by atoms with Crippen LogP contribution in [-0.4, -0.2) is 15.1 Å². The highest BCUT2D eigenvalue weighted by Gasteiger charge is 2.28. The van der Waals surface area contributed by atoms with Crippen LogP contribution in [0.1, 0.15) is 130 Å². The van der Waals surface area contributed by atoms with Gasteiger partial charge in [-0.15, -0.1) is 0 Å². The summed E-state index contributed by atoms with van der Waals surface area (Å²) in [5.74, 6) is 0.787. The molecule has 0 radical (unpaired) electrons. The SMILES string of the molecule is CC(C)c1cc(-c2ccccc2)cc(C(C)C)c1-c1cc(-c2cc(-c3cc(-c4ccccc4)ccn3)cc(C(C)(C)C)c2)nc(-c2cc(C(C)(C)C)cc(C(C)(C)C)c2O)c1. The molecule has 0 saturated heterocycles. The molecule has 2 heterocycles. The van der Waals surface area contributed by atoms with Crippen molar-refractivity contribution in [2.75, 3.05) is 0 Å². The quantitative estimate of drug-likeness (QED) is 0.166. The van der Waals surface area contributed by atoms with Gasteiger partial charge in [-0.1, -0.05) is 169 Å². The summed E-state index contributed by atoms with van der Waals surface area (Å²) >= 11 is 0. The van der Waals surface area contributed by atoms with Crippen molar-refractivity contribution in [3.05, 3.63) is 161 Å². The Morgan fingerprint density at radius 2 is 0.918 bits per heavy atom. The van der Waals surface area contributed by atoms with Crippen molar-refractivity contribution in [3.8, 4) is 72.9 Å². The Bertz CT molecular complexity index is 2650. The summed E-state index contributed by atoms with van der Waals surface area (Å²) in [6, 6.07) is 46.0. The Morgan fingerprint density at radius 1 is 0.426 bits per heavy atom. The summed E-state index contributed by atoms with van der Waals surface area (Å²) in [5, 5.41) is 12.4. The molecule has 61 heavy (non-hydrogen) atoms. The Hall–Kier alpha value is -5.80. The number of phenols is 1. The van der Waals surface area contributed by atoms with Crippen LogP contribution < -0.4 is 0 Å². The summed E-state index contributed by atoms with van der Waals surface area (Å²) in [7, 11) is 0. The Morgan fingerprint density at radius 3 is 1.44 bits per heavy atom. The molecule has 3 nitrogen and oxygen atoms in total. The minimum atomic E-state index is -0.291. The van der Waals surface area contributed by atoms with Crippen LogP contribution >= 0.6 is 0 Å². The van der Waals surface area contributed by atoms with E-state index in [1.54, 1.807) is 0 Å². The average Bonchev–Trinajstić information content (AvgIpc) is 3.22. The van der Waals surface area contributed by atoms with Crippen molar-refractivity contribution in [2.45, 2.75) is 118 Å². The first-order chi connectivity index (χ1) is 28.7. The summed E-state index contributed by atoms with van der Waals surface area (Å²) in [6.45, 7) is 29.2. The second kappa shape index (κ2) is 16.6. The molecule has 312 valence electrons. The van der Waals surface area contributed by atoms with Crippen molar-refractivity contribution in [1.29, 1.82) is 0 Å². The second-order valence-corrected chi connectivity index (χ2v) is 20.6. The number of benzene rings is 5. The molecular weight excluding hydrogens is 741 g/mol. The van der Waals surface area contributed by atoms with Crippen LogP contribution in [0.25, 0.3) is 67.2 Å². The molecule has 0 aliphatic rings. The third-order valence-corrected chi connectivity index (χ3v) is 12.0. The lowest BCUT2D eigenvalue weighted by Gasteiger charge is -2.28. The van der Waals surface area contributed by atoms with Crippen molar-refractivity contribution >= 4 is 0 Å². The summed E-state index contributed by atoms with van der Waals surface area (Å²) in [5.41, 5.74) is 17.7. The number of rotatable bonds is 8. The Balaban J connectivity index is 1.57. The molecule has 0 aliphatic heterocycles. The monoisotopic (exact) mass is 805 g/mol. The van der Waals surface area contributed by atoms with Gasteiger partial charge in [-0.25, -0.2) is 4.98 Å². The lowest BCUT2D eigenvalue weighted by Crippen LogP contribution is -2.17. The van der Waals surface area contributed by atoms with Gasteiger partial charge in [-0.05, 0) is 132 Å². The molecule has 0 fully saturated rings. The van der Waals surface area contributed by atoms with Crippen molar-refractivity contribution in [1.82, 2.24) is 9.97 Å². The van der Waals surface area contributed by atoms with Crippen molar-refractivity contribution in [2.24, 2.45) is 0 Å². The summed E-state index contributed by atoms with van der Waals surface area (Å²) in [4.78, 5) is 10.5. The topological polar surface area (TPSA) is 46.0 Å². The van der Waals surface area contributed by atoms with Gasteiger partial charge in [0, 0.05) is 28.5 Å². The molecular formula is C58H64N2O. The lowest BCUT2D eigenvalue weighted by molar-refractivity contribution is 0.446. The fourth-order valence-corrected chi connectivity index (χ4v) is 8.28. The van der Waals surface area contributed by atoms with Gasteiger partial charge in [-0.3, -0.25) is 4.98 Å². The minimum Gasteiger partial charge on any atom is -0.507 e. The van der Waals surface area contributed by atoms with Crippen LogP contribution in [-0.2, 0) is 16.2 Å². The predicted octanol–water partition coefficient (Wildman–Crippen LogP) is 16.3. The number of pyridine rings is 2. The maximum absolute atomic E-state index is 12.4. The lowest BCUT2D eigenvalue weighted by atomic mass is 9.78. The highest BCUT2D eigenvalue weighted by atomic mass is 16.3. The van der Waals surface area contributed by atoms with E-state index < -0.39 is 0 Å². The number of hydrogen-bond donors (Lipinski definition) is 1. The first-order valence-electron chi connectivity index (χ1n) is 22.0. The second-order valence-electron chi connectivity index (χ2n) is 20.6. The van der Waals surface area contributed by atoms with Crippen LogP contribution in [0.15, 0.2) is 134 Å². The normalized spacial score (nSPS) is 12.4. The van der Waals surface area contributed by atoms with Crippen LogP contribution in [0.5, 0.6) is 5.75 Å². The average molecular weight is 805 g/mol. The van der Waals surface area contributed by atoms with Gasteiger partial charge < -0.3 is 5.11 Å². The maximum Gasteiger partial charge on any atom is 0.128 e. The number of nitrogens with zero attached hydrogens (tertiary/aromatic N) is 2. The number of aromatic nitrogens is 2. The maximum atomic E-state index is 12.4. The molecule has 0 amide bonds. The Labute approximate surface area is 366 Å². The zero-order valence-electron chi connectivity index (χ0n) is 38.7. The van der Waals surface area contributed by atoms with Crippen molar-refractivity contribution < 1.29 is 5.11 Å². The Kier molecular flexibility index (Phi) is 11.8. The van der Waals surface area contributed by atoms with Crippen LogP contribution in [0.3, 0.4) is 0 Å². The molecule has 7 rings (SSSR count). The van der Waals surface area contributed by atoms with E-state index in [4.69, 9.17) is 9.97 Å². The first kappa shape index (κ1) is 43.3. The molecule has 0 unspecified atom stereocenters. The van der Waals surface area contributed by atoms with Gasteiger partial charge >= 0.3 is 0 Å². The van der Waals surface area contributed by atoms with Gasteiger partial charge in [0.15, 0.2) is 0 Å². The molecule has 2 aromatic heterocycles. The van der Waals surface area contributed by atoms with Crippen LogP contribution in [0, 0.1) is 0 Å². The van der Waals surface area contributed by atoms with Gasteiger partial charge in [0.05, 0.1) is 17.1 Å². The molecule has 0 bridgehead atoms. The summed E-state index contributed by atoms with van der Waals surface area (Å²) < 4.78 is 0. The number of aromatic hydroxyl groups is 1. The van der Waals surface area contributed by atoms with Gasteiger partial charge in [0.25, 0.3) is 0 Å². The largest absolute Gasteiger partial charge is 0.507 e.